The van der Waals surface area contributed by atoms with Gasteiger partial charge in [0.2, 0.25) is 0 Å². The lowest BCUT2D eigenvalue weighted by Crippen LogP contribution is -2.36. The third-order valence-corrected chi connectivity index (χ3v) is 3.92. The fraction of sp³-hybridized carbons (Fsp3) is 0.263. The standard InChI is InChI=1S/C19H23N3S/c1-3-16(2)20-21-19(23)22(14-17-10-6-4-7-11-17)15-18-12-8-5-9-13-18/h4-13H,3,14-15H2,1-2H3,(H,21,23)/b20-16-. The SMILES string of the molecule is CC/C(C)=N\NC(=S)N(Cc1ccccc1)Cc1ccccc1. The van der Waals surface area contributed by atoms with Crippen molar-refractivity contribution in [2.24, 2.45) is 5.10 Å². The molecule has 0 radical (unpaired) electrons. The molecule has 2 aromatic carbocycles. The second-order valence-corrected chi connectivity index (χ2v) is 5.83. The predicted octanol–water partition coefficient (Wildman–Crippen LogP) is 4.35. The van der Waals surface area contributed by atoms with Crippen molar-refractivity contribution in [1.82, 2.24) is 10.3 Å². The summed E-state index contributed by atoms with van der Waals surface area (Å²) >= 11 is 5.55. The Balaban J connectivity index is 2.11. The van der Waals surface area contributed by atoms with Crippen molar-refractivity contribution in [3.05, 3.63) is 71.8 Å². The Morgan fingerprint density at radius 3 is 1.87 bits per heavy atom. The molecule has 0 aromatic heterocycles. The van der Waals surface area contributed by atoms with Gasteiger partial charge in [-0.25, -0.2) is 0 Å². The maximum absolute atomic E-state index is 5.55. The van der Waals surface area contributed by atoms with Crippen LogP contribution in [-0.2, 0) is 13.1 Å². The minimum Gasteiger partial charge on any atom is -0.339 e. The fourth-order valence-corrected chi connectivity index (χ4v) is 2.27. The van der Waals surface area contributed by atoms with Crippen LogP contribution in [0, 0.1) is 0 Å². The summed E-state index contributed by atoms with van der Waals surface area (Å²) in [6.07, 6.45) is 0.910. The van der Waals surface area contributed by atoms with E-state index in [2.05, 4.69) is 46.6 Å². The zero-order valence-corrected chi connectivity index (χ0v) is 14.5. The Morgan fingerprint density at radius 1 is 0.957 bits per heavy atom. The molecule has 0 atom stereocenters. The van der Waals surface area contributed by atoms with Crippen LogP contribution in [0.3, 0.4) is 0 Å². The molecule has 2 aromatic rings. The molecule has 0 heterocycles. The molecule has 3 nitrogen and oxygen atoms in total. The van der Waals surface area contributed by atoms with Gasteiger partial charge >= 0.3 is 0 Å². The topological polar surface area (TPSA) is 27.6 Å². The molecule has 0 bridgehead atoms. The quantitative estimate of drug-likeness (QED) is 0.486. The molecular weight excluding hydrogens is 302 g/mol. The first-order valence-corrected chi connectivity index (χ1v) is 8.25. The van der Waals surface area contributed by atoms with E-state index in [9.17, 15) is 0 Å². The van der Waals surface area contributed by atoms with Gasteiger partial charge in [-0.1, -0.05) is 67.6 Å². The highest BCUT2D eigenvalue weighted by Crippen LogP contribution is 2.10. The molecule has 1 N–H and O–H groups in total. The monoisotopic (exact) mass is 325 g/mol. The molecule has 0 amide bonds. The minimum absolute atomic E-state index is 0.644. The lowest BCUT2D eigenvalue weighted by atomic mass is 10.2. The average Bonchev–Trinajstić information content (AvgIpc) is 2.60. The zero-order chi connectivity index (χ0) is 16.5. The first-order valence-electron chi connectivity index (χ1n) is 7.85. The molecule has 0 saturated heterocycles. The molecule has 0 aliphatic rings. The van der Waals surface area contributed by atoms with E-state index in [0.717, 1.165) is 25.2 Å². The van der Waals surface area contributed by atoms with E-state index < -0.39 is 0 Å². The van der Waals surface area contributed by atoms with Gasteiger partial charge in [0.1, 0.15) is 0 Å². The van der Waals surface area contributed by atoms with Crippen LogP contribution in [0.4, 0.5) is 0 Å². The van der Waals surface area contributed by atoms with Gasteiger partial charge in [0.05, 0.1) is 0 Å². The minimum atomic E-state index is 0.644. The predicted molar refractivity (Wildman–Crippen MR) is 101 cm³/mol. The summed E-state index contributed by atoms with van der Waals surface area (Å²) in [5.74, 6) is 0. The molecule has 0 fully saturated rings. The summed E-state index contributed by atoms with van der Waals surface area (Å²) in [5.41, 5.74) is 6.50. The Morgan fingerprint density at radius 2 is 1.43 bits per heavy atom. The largest absolute Gasteiger partial charge is 0.339 e. The Kier molecular flexibility index (Phi) is 6.76. The maximum Gasteiger partial charge on any atom is 0.190 e. The van der Waals surface area contributed by atoms with Crippen molar-refractivity contribution in [2.45, 2.75) is 33.4 Å². The van der Waals surface area contributed by atoms with Crippen LogP contribution in [0.5, 0.6) is 0 Å². The van der Waals surface area contributed by atoms with Gasteiger partial charge in [0.25, 0.3) is 0 Å². The van der Waals surface area contributed by atoms with Crippen LogP contribution in [-0.4, -0.2) is 15.7 Å². The van der Waals surface area contributed by atoms with Crippen LogP contribution < -0.4 is 5.43 Å². The second kappa shape index (κ2) is 9.06. The Bertz CT molecular complexity index is 597. The van der Waals surface area contributed by atoms with Crippen molar-refractivity contribution < 1.29 is 0 Å². The number of hydrogen-bond acceptors (Lipinski definition) is 2. The average molecular weight is 325 g/mol. The van der Waals surface area contributed by atoms with E-state index in [4.69, 9.17) is 12.2 Å². The van der Waals surface area contributed by atoms with E-state index in [-0.39, 0.29) is 0 Å². The van der Waals surface area contributed by atoms with E-state index in [1.54, 1.807) is 0 Å². The van der Waals surface area contributed by atoms with Crippen molar-refractivity contribution >= 4 is 23.0 Å². The molecule has 4 heteroatoms. The molecule has 23 heavy (non-hydrogen) atoms. The third kappa shape index (κ3) is 5.83. The molecule has 2 rings (SSSR count). The number of rotatable bonds is 6. The number of nitrogens with one attached hydrogen (secondary N) is 1. The normalized spacial score (nSPS) is 11.1. The Hall–Kier alpha value is -2.20. The van der Waals surface area contributed by atoms with Gasteiger partial charge in [-0.3, -0.25) is 5.43 Å². The first-order chi connectivity index (χ1) is 11.2. The molecule has 0 unspecified atom stereocenters. The van der Waals surface area contributed by atoms with Gasteiger partial charge < -0.3 is 4.90 Å². The van der Waals surface area contributed by atoms with Crippen LogP contribution in [0.25, 0.3) is 0 Å². The molecule has 0 spiro atoms. The number of benzene rings is 2. The number of hydrogen-bond donors (Lipinski definition) is 1. The summed E-state index contributed by atoms with van der Waals surface area (Å²) < 4.78 is 0. The lowest BCUT2D eigenvalue weighted by Gasteiger charge is -2.25. The van der Waals surface area contributed by atoms with Crippen molar-refractivity contribution in [3.63, 3.8) is 0 Å². The number of nitrogens with zero attached hydrogens (tertiary/aromatic N) is 2. The molecule has 0 aliphatic carbocycles. The van der Waals surface area contributed by atoms with Crippen LogP contribution in [0.1, 0.15) is 31.4 Å². The van der Waals surface area contributed by atoms with Gasteiger partial charge in [-0.15, -0.1) is 0 Å². The molecular formula is C19H23N3S. The van der Waals surface area contributed by atoms with E-state index in [0.29, 0.717) is 5.11 Å². The number of hydrazone groups is 1. The van der Waals surface area contributed by atoms with E-state index in [1.165, 1.54) is 11.1 Å². The Labute approximate surface area is 144 Å². The smallest absolute Gasteiger partial charge is 0.190 e. The highest BCUT2D eigenvalue weighted by molar-refractivity contribution is 7.80. The van der Waals surface area contributed by atoms with Gasteiger partial charge in [0, 0.05) is 18.8 Å². The van der Waals surface area contributed by atoms with Crippen molar-refractivity contribution in [1.29, 1.82) is 0 Å². The van der Waals surface area contributed by atoms with Gasteiger partial charge in [0.15, 0.2) is 5.11 Å². The fourth-order valence-electron chi connectivity index (χ4n) is 2.10. The van der Waals surface area contributed by atoms with E-state index in [1.807, 2.05) is 43.3 Å². The van der Waals surface area contributed by atoms with Crippen LogP contribution >= 0.6 is 12.2 Å². The summed E-state index contributed by atoms with van der Waals surface area (Å²) in [6.45, 7) is 5.58. The first kappa shape index (κ1) is 17.2. The maximum atomic E-state index is 5.55. The van der Waals surface area contributed by atoms with E-state index >= 15 is 0 Å². The van der Waals surface area contributed by atoms with Gasteiger partial charge in [-0.05, 0) is 36.7 Å². The molecule has 0 aliphatic heterocycles. The van der Waals surface area contributed by atoms with Gasteiger partial charge in [-0.2, -0.15) is 5.10 Å². The summed E-state index contributed by atoms with van der Waals surface area (Å²) in [4.78, 5) is 2.13. The van der Waals surface area contributed by atoms with Crippen molar-refractivity contribution in [3.8, 4) is 0 Å². The summed E-state index contributed by atoms with van der Waals surface area (Å²) in [5, 5.41) is 4.97. The summed E-state index contributed by atoms with van der Waals surface area (Å²) in [6, 6.07) is 20.7. The zero-order valence-electron chi connectivity index (χ0n) is 13.7. The molecule has 120 valence electrons. The number of thiocarbonyl (C=S) groups is 1. The lowest BCUT2D eigenvalue weighted by molar-refractivity contribution is 0.400. The molecule has 0 saturated carbocycles. The second-order valence-electron chi connectivity index (χ2n) is 5.44. The highest BCUT2D eigenvalue weighted by Gasteiger charge is 2.11. The van der Waals surface area contributed by atoms with Crippen LogP contribution in [0.15, 0.2) is 65.8 Å². The van der Waals surface area contributed by atoms with Crippen LogP contribution in [0.2, 0.25) is 0 Å². The third-order valence-electron chi connectivity index (χ3n) is 3.57. The highest BCUT2D eigenvalue weighted by atomic mass is 32.1. The van der Waals surface area contributed by atoms with Crippen molar-refractivity contribution in [2.75, 3.05) is 0 Å². The summed E-state index contributed by atoms with van der Waals surface area (Å²) in [7, 11) is 0.